The monoisotopic (exact) mass is 363 g/mol. The Balaban J connectivity index is 2.56. The first-order chi connectivity index (χ1) is 7.78. The van der Waals surface area contributed by atoms with E-state index in [0.29, 0.717) is 6.54 Å². The van der Waals surface area contributed by atoms with Crippen molar-refractivity contribution < 1.29 is 9.53 Å². The molecule has 1 N–H and O–H groups in total. The fourth-order valence-electron chi connectivity index (χ4n) is 1.16. The fourth-order valence-corrected chi connectivity index (χ4v) is 1.96. The molecule has 0 unspecified atom stereocenters. The lowest BCUT2D eigenvalue weighted by Crippen LogP contribution is -2.32. The molecular weight excluding hydrogens is 350 g/mol. The third-order valence-corrected chi connectivity index (χ3v) is 3.10. The first-order valence-electron chi connectivity index (χ1n) is 5.19. The minimum absolute atomic E-state index is 0.413. The fraction of sp³-hybridized carbons (Fsp3) is 0.417. The SMILES string of the molecule is CC(C)(C)OC(=O)NCc1cc(Br)ccc1Br. The summed E-state index contributed by atoms with van der Waals surface area (Å²) in [5.74, 6) is 0. The number of ether oxygens (including phenoxy) is 1. The molecule has 5 heteroatoms. The molecule has 0 heterocycles. The summed E-state index contributed by atoms with van der Waals surface area (Å²) in [4.78, 5) is 11.5. The van der Waals surface area contributed by atoms with Crippen LogP contribution in [0, 0.1) is 0 Å². The number of hydrogen-bond donors (Lipinski definition) is 1. The topological polar surface area (TPSA) is 38.3 Å². The lowest BCUT2D eigenvalue weighted by atomic mass is 10.2. The van der Waals surface area contributed by atoms with Crippen LogP contribution in [0.15, 0.2) is 27.1 Å². The number of halogens is 2. The van der Waals surface area contributed by atoms with Crippen molar-refractivity contribution in [3.63, 3.8) is 0 Å². The van der Waals surface area contributed by atoms with Gasteiger partial charge in [-0.05, 0) is 44.5 Å². The highest BCUT2D eigenvalue weighted by atomic mass is 79.9. The molecule has 0 saturated carbocycles. The van der Waals surface area contributed by atoms with Crippen molar-refractivity contribution in [2.75, 3.05) is 0 Å². The van der Waals surface area contributed by atoms with Crippen LogP contribution in [0.4, 0.5) is 4.79 Å². The quantitative estimate of drug-likeness (QED) is 0.852. The molecule has 1 amide bonds. The van der Waals surface area contributed by atoms with Crippen LogP contribution in [0.2, 0.25) is 0 Å². The van der Waals surface area contributed by atoms with Crippen molar-refractivity contribution in [3.8, 4) is 0 Å². The molecule has 0 fully saturated rings. The van der Waals surface area contributed by atoms with Gasteiger partial charge in [0.2, 0.25) is 0 Å². The normalized spacial score (nSPS) is 11.1. The number of benzene rings is 1. The van der Waals surface area contributed by atoms with Crippen LogP contribution in [-0.2, 0) is 11.3 Å². The van der Waals surface area contributed by atoms with E-state index in [1.165, 1.54) is 0 Å². The number of carbonyl (C=O) groups is 1. The summed E-state index contributed by atoms with van der Waals surface area (Å²) in [5, 5.41) is 2.71. The number of rotatable bonds is 2. The van der Waals surface area contributed by atoms with Crippen LogP contribution in [0.3, 0.4) is 0 Å². The highest BCUT2D eigenvalue weighted by Crippen LogP contribution is 2.21. The third kappa shape index (κ3) is 5.55. The summed E-state index contributed by atoms with van der Waals surface area (Å²) in [7, 11) is 0. The Morgan fingerprint density at radius 2 is 2.00 bits per heavy atom. The van der Waals surface area contributed by atoms with Crippen molar-refractivity contribution in [3.05, 3.63) is 32.7 Å². The van der Waals surface area contributed by atoms with Crippen molar-refractivity contribution in [2.45, 2.75) is 32.9 Å². The predicted octanol–water partition coefficient (Wildman–Crippen LogP) is 4.24. The standard InChI is InChI=1S/C12H15Br2NO2/c1-12(2,3)17-11(16)15-7-8-6-9(13)4-5-10(8)14/h4-6H,7H2,1-3H3,(H,15,16). The van der Waals surface area contributed by atoms with Gasteiger partial charge in [-0.2, -0.15) is 0 Å². The molecule has 0 aliphatic carbocycles. The first kappa shape index (κ1) is 14.5. The number of alkyl carbamates (subject to hydrolysis) is 1. The lowest BCUT2D eigenvalue weighted by Gasteiger charge is -2.19. The molecular formula is C12H15Br2NO2. The summed E-state index contributed by atoms with van der Waals surface area (Å²) in [6.07, 6.45) is -0.413. The van der Waals surface area contributed by atoms with Crippen LogP contribution >= 0.6 is 31.9 Å². The molecule has 0 aliphatic heterocycles. The van der Waals surface area contributed by atoms with Crippen molar-refractivity contribution >= 4 is 38.0 Å². The van der Waals surface area contributed by atoms with Gasteiger partial charge in [0.1, 0.15) is 5.60 Å². The highest BCUT2D eigenvalue weighted by Gasteiger charge is 2.15. The molecule has 94 valence electrons. The van der Waals surface area contributed by atoms with E-state index in [4.69, 9.17) is 4.74 Å². The van der Waals surface area contributed by atoms with E-state index in [1.54, 1.807) is 0 Å². The second-order valence-electron chi connectivity index (χ2n) is 4.59. The average Bonchev–Trinajstić information content (AvgIpc) is 2.17. The van der Waals surface area contributed by atoms with Crippen LogP contribution in [0.1, 0.15) is 26.3 Å². The van der Waals surface area contributed by atoms with Gasteiger partial charge in [-0.15, -0.1) is 0 Å². The number of amides is 1. The lowest BCUT2D eigenvalue weighted by molar-refractivity contribution is 0.0523. The maximum Gasteiger partial charge on any atom is 0.407 e. The van der Waals surface area contributed by atoms with E-state index in [0.717, 1.165) is 14.5 Å². The van der Waals surface area contributed by atoms with Gasteiger partial charge in [-0.3, -0.25) is 0 Å². The Morgan fingerprint density at radius 3 is 2.59 bits per heavy atom. The zero-order valence-corrected chi connectivity index (χ0v) is 13.2. The number of nitrogens with one attached hydrogen (secondary N) is 1. The van der Waals surface area contributed by atoms with Gasteiger partial charge in [0.15, 0.2) is 0 Å². The summed E-state index contributed by atoms with van der Waals surface area (Å²) in [6, 6.07) is 5.80. The third-order valence-electron chi connectivity index (χ3n) is 1.83. The van der Waals surface area contributed by atoms with Crippen molar-refractivity contribution in [2.24, 2.45) is 0 Å². The molecule has 17 heavy (non-hydrogen) atoms. The van der Waals surface area contributed by atoms with Gasteiger partial charge in [-0.25, -0.2) is 4.79 Å². The Labute approximate surface area is 118 Å². The Morgan fingerprint density at radius 1 is 1.35 bits per heavy atom. The average molecular weight is 365 g/mol. The van der Waals surface area contributed by atoms with Crippen molar-refractivity contribution in [1.82, 2.24) is 5.32 Å². The van der Waals surface area contributed by atoms with E-state index >= 15 is 0 Å². The van der Waals surface area contributed by atoms with Gasteiger partial charge in [-0.1, -0.05) is 31.9 Å². The predicted molar refractivity (Wildman–Crippen MR) is 74.9 cm³/mol. The van der Waals surface area contributed by atoms with Gasteiger partial charge in [0.05, 0.1) is 0 Å². The molecule has 0 atom stereocenters. The summed E-state index contributed by atoms with van der Waals surface area (Å²) in [5.41, 5.74) is 0.517. The van der Waals surface area contributed by atoms with Gasteiger partial charge < -0.3 is 10.1 Å². The molecule has 0 bridgehead atoms. The Kier molecular flexibility index (Phi) is 5.01. The van der Waals surface area contributed by atoms with Crippen LogP contribution < -0.4 is 5.32 Å². The minimum Gasteiger partial charge on any atom is -0.444 e. The van der Waals surface area contributed by atoms with E-state index in [2.05, 4.69) is 37.2 Å². The summed E-state index contributed by atoms with van der Waals surface area (Å²) in [6.45, 7) is 5.93. The maximum absolute atomic E-state index is 11.5. The van der Waals surface area contributed by atoms with Crippen LogP contribution in [-0.4, -0.2) is 11.7 Å². The van der Waals surface area contributed by atoms with Gasteiger partial charge in [0.25, 0.3) is 0 Å². The molecule has 0 spiro atoms. The summed E-state index contributed by atoms with van der Waals surface area (Å²) < 4.78 is 7.08. The molecule has 0 aromatic heterocycles. The largest absolute Gasteiger partial charge is 0.444 e. The first-order valence-corrected chi connectivity index (χ1v) is 6.77. The van der Waals surface area contributed by atoms with Crippen LogP contribution in [0.25, 0.3) is 0 Å². The van der Waals surface area contributed by atoms with Crippen molar-refractivity contribution in [1.29, 1.82) is 0 Å². The summed E-state index contributed by atoms with van der Waals surface area (Å²) >= 11 is 6.82. The van der Waals surface area contributed by atoms with Gasteiger partial charge >= 0.3 is 6.09 Å². The van der Waals surface area contributed by atoms with E-state index < -0.39 is 11.7 Å². The second kappa shape index (κ2) is 5.87. The van der Waals surface area contributed by atoms with E-state index in [9.17, 15) is 4.79 Å². The number of carbonyl (C=O) groups excluding carboxylic acids is 1. The highest BCUT2D eigenvalue weighted by molar-refractivity contribution is 9.11. The molecule has 0 radical (unpaired) electrons. The molecule has 3 nitrogen and oxygen atoms in total. The zero-order valence-electron chi connectivity index (χ0n) is 10.0. The smallest absolute Gasteiger partial charge is 0.407 e. The van der Waals surface area contributed by atoms with E-state index in [1.807, 2.05) is 39.0 Å². The zero-order chi connectivity index (χ0) is 13.1. The molecule has 0 aliphatic rings. The Bertz CT molecular complexity index is 413. The van der Waals surface area contributed by atoms with E-state index in [-0.39, 0.29) is 0 Å². The van der Waals surface area contributed by atoms with Gasteiger partial charge in [0, 0.05) is 15.5 Å². The maximum atomic E-state index is 11.5. The molecule has 1 rings (SSSR count). The number of hydrogen-bond acceptors (Lipinski definition) is 2. The molecule has 1 aromatic carbocycles. The molecule has 0 saturated heterocycles. The van der Waals surface area contributed by atoms with Crippen LogP contribution in [0.5, 0.6) is 0 Å². The second-order valence-corrected chi connectivity index (χ2v) is 6.36. The molecule has 1 aromatic rings. The minimum atomic E-state index is -0.474. The Hall–Kier alpha value is -0.550.